The highest BCUT2D eigenvalue weighted by Crippen LogP contribution is 2.14. The van der Waals surface area contributed by atoms with Crippen LogP contribution in [0.4, 0.5) is 0 Å². The van der Waals surface area contributed by atoms with E-state index in [0.29, 0.717) is 6.54 Å². The molecule has 0 fully saturated rings. The number of hydrogen-bond acceptors (Lipinski definition) is 5. The van der Waals surface area contributed by atoms with Gasteiger partial charge in [-0.3, -0.25) is 0 Å². The standard InChI is InChI=1S/C10H20N4OS/c1-3-4-5-15-6-7-16-10-13-12-9(8-11)14(10)2/h3-8,11H2,1-2H3. The molecule has 0 unspecified atom stereocenters. The van der Waals surface area contributed by atoms with Crippen LogP contribution in [0.5, 0.6) is 0 Å². The normalized spacial score (nSPS) is 10.9. The first-order valence-corrected chi connectivity index (χ1v) is 6.57. The van der Waals surface area contributed by atoms with Crippen molar-refractivity contribution in [2.45, 2.75) is 31.5 Å². The lowest BCUT2D eigenvalue weighted by atomic mass is 10.4. The van der Waals surface area contributed by atoms with E-state index < -0.39 is 0 Å². The summed E-state index contributed by atoms with van der Waals surface area (Å²) in [7, 11) is 1.93. The monoisotopic (exact) mass is 244 g/mol. The summed E-state index contributed by atoms with van der Waals surface area (Å²) < 4.78 is 7.39. The lowest BCUT2D eigenvalue weighted by Crippen LogP contribution is -2.06. The molecule has 1 rings (SSSR count). The second-order valence-corrected chi connectivity index (χ2v) is 4.54. The number of hydrogen-bond donors (Lipinski definition) is 1. The number of rotatable bonds is 8. The zero-order chi connectivity index (χ0) is 11.8. The third-order valence-corrected chi connectivity index (χ3v) is 3.19. The van der Waals surface area contributed by atoms with Crippen LogP contribution in [0.1, 0.15) is 25.6 Å². The van der Waals surface area contributed by atoms with Crippen LogP contribution in [0.25, 0.3) is 0 Å². The van der Waals surface area contributed by atoms with Crippen molar-refractivity contribution >= 4 is 11.8 Å². The van der Waals surface area contributed by atoms with Crippen molar-refractivity contribution in [3.8, 4) is 0 Å². The fraction of sp³-hybridized carbons (Fsp3) is 0.800. The summed E-state index contributed by atoms with van der Waals surface area (Å²) in [6, 6.07) is 0. The predicted octanol–water partition coefficient (Wildman–Crippen LogP) is 1.18. The lowest BCUT2D eigenvalue weighted by molar-refractivity contribution is 0.147. The smallest absolute Gasteiger partial charge is 0.191 e. The Labute approximate surface area is 101 Å². The number of nitrogens with zero attached hydrogens (tertiary/aromatic N) is 3. The molecule has 2 N–H and O–H groups in total. The highest BCUT2D eigenvalue weighted by Gasteiger charge is 2.06. The maximum atomic E-state index is 5.52. The van der Waals surface area contributed by atoms with E-state index in [1.165, 1.54) is 6.42 Å². The van der Waals surface area contributed by atoms with Crippen molar-refractivity contribution in [2.75, 3.05) is 19.0 Å². The Morgan fingerprint density at radius 1 is 1.38 bits per heavy atom. The molecule has 1 aromatic rings. The summed E-state index contributed by atoms with van der Waals surface area (Å²) in [5.74, 6) is 1.72. The van der Waals surface area contributed by atoms with Gasteiger partial charge in [-0.1, -0.05) is 25.1 Å². The van der Waals surface area contributed by atoms with Gasteiger partial charge in [0.25, 0.3) is 0 Å². The predicted molar refractivity (Wildman–Crippen MR) is 65.3 cm³/mol. The Balaban J connectivity index is 2.19. The molecule has 0 saturated heterocycles. The molecular weight excluding hydrogens is 224 g/mol. The van der Waals surface area contributed by atoms with E-state index in [2.05, 4.69) is 17.1 Å². The molecule has 0 spiro atoms. The second kappa shape index (κ2) is 7.65. The first-order valence-electron chi connectivity index (χ1n) is 5.58. The van der Waals surface area contributed by atoms with Crippen LogP contribution in [0, 0.1) is 0 Å². The van der Waals surface area contributed by atoms with Crippen LogP contribution < -0.4 is 5.73 Å². The van der Waals surface area contributed by atoms with Crippen molar-refractivity contribution in [2.24, 2.45) is 12.8 Å². The zero-order valence-electron chi connectivity index (χ0n) is 9.98. The van der Waals surface area contributed by atoms with Gasteiger partial charge in [-0.05, 0) is 6.42 Å². The molecule has 0 aliphatic heterocycles. The van der Waals surface area contributed by atoms with Gasteiger partial charge < -0.3 is 15.0 Å². The van der Waals surface area contributed by atoms with E-state index >= 15 is 0 Å². The van der Waals surface area contributed by atoms with E-state index in [4.69, 9.17) is 10.5 Å². The van der Waals surface area contributed by atoms with E-state index in [1.807, 2.05) is 11.6 Å². The topological polar surface area (TPSA) is 66.0 Å². The molecule has 0 aromatic carbocycles. The van der Waals surface area contributed by atoms with Crippen molar-refractivity contribution in [3.05, 3.63) is 5.82 Å². The van der Waals surface area contributed by atoms with Gasteiger partial charge in [-0.25, -0.2) is 0 Å². The van der Waals surface area contributed by atoms with Gasteiger partial charge in [0.05, 0.1) is 13.2 Å². The molecule has 6 heteroatoms. The van der Waals surface area contributed by atoms with Gasteiger partial charge in [0, 0.05) is 19.4 Å². The van der Waals surface area contributed by atoms with Gasteiger partial charge in [-0.15, -0.1) is 10.2 Å². The molecule has 0 bridgehead atoms. The van der Waals surface area contributed by atoms with E-state index in [-0.39, 0.29) is 0 Å². The molecule has 16 heavy (non-hydrogen) atoms. The van der Waals surface area contributed by atoms with Crippen LogP contribution in [0.15, 0.2) is 5.16 Å². The first kappa shape index (κ1) is 13.5. The Morgan fingerprint density at radius 2 is 2.19 bits per heavy atom. The van der Waals surface area contributed by atoms with Gasteiger partial charge in [0.15, 0.2) is 5.16 Å². The average Bonchev–Trinajstić information content (AvgIpc) is 2.65. The fourth-order valence-electron chi connectivity index (χ4n) is 1.19. The minimum atomic E-state index is 0.428. The summed E-state index contributed by atoms with van der Waals surface area (Å²) in [6.45, 7) is 4.20. The van der Waals surface area contributed by atoms with Crippen LogP contribution >= 0.6 is 11.8 Å². The zero-order valence-corrected chi connectivity index (χ0v) is 10.8. The molecule has 5 nitrogen and oxygen atoms in total. The number of aromatic nitrogens is 3. The third kappa shape index (κ3) is 4.11. The summed E-state index contributed by atoms with van der Waals surface area (Å²) >= 11 is 1.65. The first-order chi connectivity index (χ1) is 7.79. The molecule has 1 heterocycles. The Hall–Kier alpha value is -0.590. The molecule has 1 aromatic heterocycles. The molecule has 0 radical (unpaired) electrons. The van der Waals surface area contributed by atoms with Crippen molar-refractivity contribution in [1.82, 2.24) is 14.8 Å². The average molecular weight is 244 g/mol. The van der Waals surface area contributed by atoms with Crippen LogP contribution in [-0.2, 0) is 18.3 Å². The van der Waals surface area contributed by atoms with E-state index in [9.17, 15) is 0 Å². The second-order valence-electron chi connectivity index (χ2n) is 3.48. The lowest BCUT2D eigenvalue weighted by Gasteiger charge is -2.03. The van der Waals surface area contributed by atoms with Gasteiger partial charge in [0.2, 0.25) is 0 Å². The molecule has 0 saturated carbocycles. The Morgan fingerprint density at radius 3 is 2.81 bits per heavy atom. The number of thioether (sulfide) groups is 1. The summed E-state index contributed by atoms with van der Waals surface area (Å²) in [5, 5.41) is 8.95. The molecule has 92 valence electrons. The largest absolute Gasteiger partial charge is 0.381 e. The third-order valence-electron chi connectivity index (χ3n) is 2.21. The van der Waals surface area contributed by atoms with E-state index in [1.54, 1.807) is 11.8 Å². The number of ether oxygens (including phenoxy) is 1. The molecule has 0 aliphatic carbocycles. The fourth-order valence-corrected chi connectivity index (χ4v) is 1.97. The highest BCUT2D eigenvalue weighted by molar-refractivity contribution is 7.99. The maximum absolute atomic E-state index is 5.52. The van der Waals surface area contributed by atoms with Gasteiger partial charge >= 0.3 is 0 Å². The molecule has 0 aliphatic rings. The summed E-state index contributed by atoms with van der Waals surface area (Å²) in [6.07, 6.45) is 2.31. The van der Waals surface area contributed by atoms with Gasteiger partial charge in [-0.2, -0.15) is 0 Å². The molecule has 0 atom stereocenters. The minimum absolute atomic E-state index is 0.428. The SMILES string of the molecule is CCCCOCCSc1nnc(CN)n1C. The van der Waals surface area contributed by atoms with Gasteiger partial charge in [0.1, 0.15) is 5.82 Å². The van der Waals surface area contributed by atoms with Crippen LogP contribution in [0.3, 0.4) is 0 Å². The van der Waals surface area contributed by atoms with Crippen molar-refractivity contribution in [1.29, 1.82) is 0 Å². The van der Waals surface area contributed by atoms with Crippen LogP contribution in [-0.4, -0.2) is 33.7 Å². The van der Waals surface area contributed by atoms with Crippen molar-refractivity contribution in [3.63, 3.8) is 0 Å². The van der Waals surface area contributed by atoms with Crippen molar-refractivity contribution < 1.29 is 4.74 Å². The molecular formula is C10H20N4OS. The number of unbranched alkanes of at least 4 members (excludes halogenated alkanes) is 1. The Bertz CT molecular complexity index is 303. The van der Waals surface area contributed by atoms with Crippen LogP contribution in [0.2, 0.25) is 0 Å². The Kier molecular flexibility index (Phi) is 6.44. The molecule has 0 amide bonds. The number of nitrogens with two attached hydrogens (primary N) is 1. The minimum Gasteiger partial charge on any atom is -0.381 e. The van der Waals surface area contributed by atoms with E-state index in [0.717, 1.165) is 36.4 Å². The highest BCUT2D eigenvalue weighted by atomic mass is 32.2. The quantitative estimate of drug-likeness (QED) is 0.549. The summed E-state index contributed by atoms with van der Waals surface area (Å²) in [5.41, 5.74) is 5.52. The maximum Gasteiger partial charge on any atom is 0.191 e. The summed E-state index contributed by atoms with van der Waals surface area (Å²) in [4.78, 5) is 0.